The van der Waals surface area contributed by atoms with Gasteiger partial charge in [-0.15, -0.1) is 0 Å². The van der Waals surface area contributed by atoms with Gasteiger partial charge < -0.3 is 0 Å². The maximum atomic E-state index is 12.4. The highest BCUT2D eigenvalue weighted by Gasteiger charge is 2.16. The lowest BCUT2D eigenvalue weighted by Crippen LogP contribution is -2.17. The average Bonchev–Trinajstić information content (AvgIpc) is 2.85. The number of hydrogen-bond acceptors (Lipinski definition) is 2. The van der Waals surface area contributed by atoms with Gasteiger partial charge in [0.2, 0.25) is 0 Å². The maximum Gasteiger partial charge on any atom is 0.282 e. The first-order valence-electron chi connectivity index (χ1n) is 6.64. The van der Waals surface area contributed by atoms with E-state index in [2.05, 4.69) is 5.10 Å². The Kier molecular flexibility index (Phi) is 3.28. The molecule has 2 aromatic carbocycles. The first-order valence-corrected chi connectivity index (χ1v) is 6.64. The van der Waals surface area contributed by atoms with Gasteiger partial charge in [-0.2, -0.15) is 0 Å². The molecular formula is C17H14N2O2. The summed E-state index contributed by atoms with van der Waals surface area (Å²) in [6.45, 7) is 1.92. The van der Waals surface area contributed by atoms with Crippen molar-refractivity contribution in [1.29, 1.82) is 0 Å². The van der Waals surface area contributed by atoms with E-state index in [-0.39, 0.29) is 11.1 Å². The summed E-state index contributed by atoms with van der Waals surface area (Å²) in [7, 11) is 0. The van der Waals surface area contributed by atoms with Gasteiger partial charge in [0.25, 0.3) is 5.56 Å². The highest BCUT2D eigenvalue weighted by molar-refractivity contribution is 5.85. The van der Waals surface area contributed by atoms with Crippen molar-refractivity contribution < 1.29 is 4.79 Å². The van der Waals surface area contributed by atoms with Crippen LogP contribution in [0.2, 0.25) is 0 Å². The topological polar surface area (TPSA) is 54.9 Å². The van der Waals surface area contributed by atoms with Gasteiger partial charge in [-0.05, 0) is 18.6 Å². The molecule has 1 aromatic heterocycles. The van der Waals surface area contributed by atoms with Gasteiger partial charge in [-0.3, -0.25) is 14.7 Å². The Morgan fingerprint density at radius 1 is 1.00 bits per heavy atom. The second-order valence-corrected chi connectivity index (χ2v) is 4.81. The monoisotopic (exact) mass is 278 g/mol. The molecule has 1 heterocycles. The molecule has 3 aromatic rings. The van der Waals surface area contributed by atoms with Crippen LogP contribution in [0.4, 0.5) is 0 Å². The van der Waals surface area contributed by atoms with Crippen molar-refractivity contribution in [2.75, 3.05) is 0 Å². The predicted molar refractivity (Wildman–Crippen MR) is 82.0 cm³/mol. The fourth-order valence-electron chi connectivity index (χ4n) is 2.37. The zero-order valence-electron chi connectivity index (χ0n) is 11.5. The Morgan fingerprint density at radius 3 is 2.33 bits per heavy atom. The molecule has 0 amide bonds. The number of aromatic nitrogens is 2. The fourth-order valence-corrected chi connectivity index (χ4v) is 2.37. The summed E-state index contributed by atoms with van der Waals surface area (Å²) in [6, 6.07) is 16.9. The van der Waals surface area contributed by atoms with Gasteiger partial charge >= 0.3 is 0 Å². The van der Waals surface area contributed by atoms with E-state index in [0.717, 1.165) is 16.8 Å². The van der Waals surface area contributed by atoms with E-state index in [1.807, 2.05) is 61.5 Å². The number of aromatic amines is 1. The zero-order chi connectivity index (χ0) is 14.8. The number of carbonyl (C=O) groups excluding carboxylic acids is 1. The first kappa shape index (κ1) is 13.1. The molecule has 0 atom stereocenters. The summed E-state index contributed by atoms with van der Waals surface area (Å²) >= 11 is 0. The minimum atomic E-state index is -0.335. The van der Waals surface area contributed by atoms with Crippen molar-refractivity contribution in [2.45, 2.75) is 6.92 Å². The molecule has 0 bridgehead atoms. The van der Waals surface area contributed by atoms with Gasteiger partial charge in [0.15, 0.2) is 6.29 Å². The average molecular weight is 278 g/mol. The quantitative estimate of drug-likeness (QED) is 0.749. The van der Waals surface area contributed by atoms with Crippen LogP contribution in [0.5, 0.6) is 0 Å². The molecule has 4 heteroatoms. The second kappa shape index (κ2) is 5.25. The lowest BCUT2D eigenvalue weighted by Gasteiger charge is -2.05. The van der Waals surface area contributed by atoms with E-state index in [4.69, 9.17) is 0 Å². The molecule has 0 saturated carbocycles. The van der Waals surface area contributed by atoms with Crippen molar-refractivity contribution in [3.05, 3.63) is 76.1 Å². The molecule has 0 aliphatic carbocycles. The SMILES string of the molecule is Cc1ccccc1-n1[nH]c(-c2ccccc2)c(C=O)c1=O. The van der Waals surface area contributed by atoms with Crippen LogP contribution >= 0.6 is 0 Å². The number of benzene rings is 2. The largest absolute Gasteiger partial charge is 0.298 e. The molecule has 0 fully saturated rings. The molecule has 0 spiro atoms. The van der Waals surface area contributed by atoms with Crippen molar-refractivity contribution in [3.8, 4) is 16.9 Å². The van der Waals surface area contributed by atoms with E-state index in [9.17, 15) is 9.59 Å². The van der Waals surface area contributed by atoms with Gasteiger partial charge in [0, 0.05) is 5.56 Å². The van der Waals surface area contributed by atoms with Gasteiger partial charge in [-0.1, -0.05) is 48.5 Å². The number of hydrogen-bond donors (Lipinski definition) is 1. The highest BCUT2D eigenvalue weighted by atomic mass is 16.1. The smallest absolute Gasteiger partial charge is 0.282 e. The summed E-state index contributed by atoms with van der Waals surface area (Å²) in [4.78, 5) is 23.8. The molecule has 21 heavy (non-hydrogen) atoms. The van der Waals surface area contributed by atoms with E-state index < -0.39 is 0 Å². The standard InChI is InChI=1S/C17H14N2O2/c1-12-7-5-6-10-15(12)19-17(21)14(11-20)16(18-19)13-8-3-2-4-9-13/h2-11,18H,1H3. The van der Waals surface area contributed by atoms with Crippen molar-refractivity contribution in [3.63, 3.8) is 0 Å². The van der Waals surface area contributed by atoms with Gasteiger partial charge in [0.05, 0.1) is 11.4 Å². The van der Waals surface area contributed by atoms with Crippen molar-refractivity contribution >= 4 is 6.29 Å². The van der Waals surface area contributed by atoms with Crippen LogP contribution in [0, 0.1) is 6.92 Å². The van der Waals surface area contributed by atoms with E-state index in [1.54, 1.807) is 0 Å². The number of para-hydroxylation sites is 1. The molecule has 0 saturated heterocycles. The molecule has 0 aliphatic heterocycles. The number of H-pyrrole nitrogens is 1. The Hall–Kier alpha value is -2.88. The second-order valence-electron chi connectivity index (χ2n) is 4.81. The zero-order valence-corrected chi connectivity index (χ0v) is 11.5. The van der Waals surface area contributed by atoms with Crippen LogP contribution in [-0.4, -0.2) is 16.1 Å². The molecular weight excluding hydrogens is 264 g/mol. The Bertz CT molecular complexity index is 845. The first-order chi connectivity index (χ1) is 10.2. The minimum absolute atomic E-state index is 0.143. The number of rotatable bonds is 3. The molecule has 0 aliphatic rings. The van der Waals surface area contributed by atoms with Crippen LogP contribution in [0.15, 0.2) is 59.4 Å². The van der Waals surface area contributed by atoms with Crippen LogP contribution in [-0.2, 0) is 0 Å². The lowest BCUT2D eigenvalue weighted by atomic mass is 10.1. The minimum Gasteiger partial charge on any atom is -0.298 e. The molecule has 104 valence electrons. The number of nitrogens with one attached hydrogen (secondary N) is 1. The van der Waals surface area contributed by atoms with Crippen LogP contribution < -0.4 is 5.56 Å². The molecule has 0 unspecified atom stereocenters. The summed E-state index contributed by atoms with van der Waals surface area (Å²) in [5, 5.41) is 3.05. The number of aryl methyl sites for hydroxylation is 1. The van der Waals surface area contributed by atoms with Gasteiger partial charge in [0.1, 0.15) is 5.56 Å². The lowest BCUT2D eigenvalue weighted by molar-refractivity contribution is 0.112. The number of carbonyl (C=O) groups is 1. The number of aldehydes is 1. The van der Waals surface area contributed by atoms with E-state index in [1.165, 1.54) is 4.68 Å². The third-order valence-electron chi connectivity index (χ3n) is 3.46. The number of nitrogens with zero attached hydrogens (tertiary/aromatic N) is 1. The van der Waals surface area contributed by atoms with Crippen LogP contribution in [0.1, 0.15) is 15.9 Å². The summed E-state index contributed by atoms with van der Waals surface area (Å²) in [5.74, 6) is 0. The molecule has 0 radical (unpaired) electrons. The normalized spacial score (nSPS) is 10.5. The summed E-state index contributed by atoms with van der Waals surface area (Å²) in [6.07, 6.45) is 0.607. The van der Waals surface area contributed by atoms with Crippen LogP contribution in [0.25, 0.3) is 16.9 Å². The Morgan fingerprint density at radius 2 is 1.67 bits per heavy atom. The van der Waals surface area contributed by atoms with E-state index >= 15 is 0 Å². The molecule has 3 rings (SSSR count). The third kappa shape index (κ3) is 2.21. The Balaban J connectivity index is 2.27. The Labute approximate surface area is 121 Å². The van der Waals surface area contributed by atoms with Crippen molar-refractivity contribution in [2.24, 2.45) is 0 Å². The summed E-state index contributed by atoms with van der Waals surface area (Å²) in [5.41, 5.74) is 2.86. The highest BCUT2D eigenvalue weighted by Crippen LogP contribution is 2.20. The fraction of sp³-hybridized carbons (Fsp3) is 0.0588. The van der Waals surface area contributed by atoms with Crippen molar-refractivity contribution in [1.82, 2.24) is 9.78 Å². The van der Waals surface area contributed by atoms with E-state index in [0.29, 0.717) is 12.0 Å². The third-order valence-corrected chi connectivity index (χ3v) is 3.46. The summed E-state index contributed by atoms with van der Waals surface area (Å²) < 4.78 is 1.42. The predicted octanol–water partition coefficient (Wildman–Crippen LogP) is 2.95. The molecule has 4 nitrogen and oxygen atoms in total. The molecule has 1 N–H and O–H groups in total. The van der Waals surface area contributed by atoms with Crippen LogP contribution in [0.3, 0.4) is 0 Å². The maximum absolute atomic E-state index is 12.4. The van der Waals surface area contributed by atoms with Gasteiger partial charge in [-0.25, -0.2) is 4.68 Å².